The van der Waals surface area contributed by atoms with Crippen LogP contribution in [-0.2, 0) is 4.79 Å². The molecule has 0 amide bonds. The summed E-state index contributed by atoms with van der Waals surface area (Å²) in [4.78, 5) is 14.4. The van der Waals surface area contributed by atoms with Gasteiger partial charge in [-0.3, -0.25) is 4.79 Å². The first-order valence-electron chi connectivity index (χ1n) is 4.84. The molecule has 0 spiro atoms. The summed E-state index contributed by atoms with van der Waals surface area (Å²) in [7, 11) is 0. The van der Waals surface area contributed by atoms with Gasteiger partial charge in [0.15, 0.2) is 5.78 Å². The van der Waals surface area contributed by atoms with E-state index in [0.29, 0.717) is 4.99 Å². The third-order valence-electron chi connectivity index (χ3n) is 2.17. The number of rotatable bonds is 1. The molecule has 4 heteroatoms. The average molecular weight is 231 g/mol. The summed E-state index contributed by atoms with van der Waals surface area (Å²) in [5.41, 5.74) is -0.346. The van der Waals surface area contributed by atoms with E-state index in [1.165, 1.54) is 0 Å². The molecule has 0 aromatic carbocycles. The fourth-order valence-electron chi connectivity index (χ4n) is 1.23. The Morgan fingerprint density at radius 3 is 2.21 bits per heavy atom. The number of carbonyl (C=O) groups is 1. The van der Waals surface area contributed by atoms with E-state index in [9.17, 15) is 4.79 Å². The van der Waals surface area contributed by atoms with Crippen molar-refractivity contribution in [2.45, 2.75) is 20.8 Å². The molecule has 0 aromatic heterocycles. The molecular weight excluding hydrogens is 214 g/mol. The van der Waals surface area contributed by atoms with Crippen LogP contribution in [0.2, 0.25) is 0 Å². The predicted molar refractivity (Wildman–Crippen MR) is 66.0 cm³/mol. The molecule has 1 saturated heterocycles. The van der Waals surface area contributed by atoms with Gasteiger partial charge >= 0.3 is 0 Å². The standard InChI is InChI=1S/C10H17NOS2/c1-10(2,3)8(12)9(13)11-4-6-14-7-5-11/h4-7H2,1-3H3. The van der Waals surface area contributed by atoms with Crippen LogP contribution in [0.25, 0.3) is 0 Å². The Morgan fingerprint density at radius 2 is 1.79 bits per heavy atom. The Hall–Kier alpha value is -0.0900. The number of thiocarbonyl (C=S) groups is 1. The molecule has 0 unspecified atom stereocenters. The second-order valence-electron chi connectivity index (χ2n) is 4.48. The third kappa shape index (κ3) is 2.95. The molecule has 1 rings (SSSR count). The lowest BCUT2D eigenvalue weighted by atomic mass is 9.90. The predicted octanol–water partition coefficient (Wildman–Crippen LogP) is 1.98. The van der Waals surface area contributed by atoms with Gasteiger partial charge in [0.25, 0.3) is 0 Å². The van der Waals surface area contributed by atoms with Crippen LogP contribution in [0.1, 0.15) is 20.8 Å². The molecule has 0 radical (unpaired) electrons. The summed E-state index contributed by atoms with van der Waals surface area (Å²) in [5.74, 6) is 2.26. The molecular formula is C10H17NOS2. The Morgan fingerprint density at radius 1 is 1.29 bits per heavy atom. The van der Waals surface area contributed by atoms with Crippen molar-refractivity contribution in [1.82, 2.24) is 4.90 Å². The molecule has 0 atom stereocenters. The first-order valence-corrected chi connectivity index (χ1v) is 6.40. The Kier molecular flexibility index (Phi) is 3.95. The number of ketones is 1. The highest BCUT2D eigenvalue weighted by atomic mass is 32.2. The molecule has 1 fully saturated rings. The van der Waals surface area contributed by atoms with Gasteiger partial charge < -0.3 is 4.90 Å². The second-order valence-corrected chi connectivity index (χ2v) is 6.10. The van der Waals surface area contributed by atoms with Gasteiger partial charge in [-0.25, -0.2) is 0 Å². The van der Waals surface area contributed by atoms with E-state index in [1.54, 1.807) is 0 Å². The number of carbonyl (C=O) groups excluding carboxylic acids is 1. The monoisotopic (exact) mass is 231 g/mol. The molecule has 1 heterocycles. The highest BCUT2D eigenvalue weighted by molar-refractivity contribution is 7.99. The molecule has 14 heavy (non-hydrogen) atoms. The van der Waals surface area contributed by atoms with Gasteiger partial charge in [0.2, 0.25) is 0 Å². The van der Waals surface area contributed by atoms with Gasteiger partial charge in [-0.05, 0) is 0 Å². The number of hydrogen-bond acceptors (Lipinski definition) is 3. The second kappa shape index (κ2) is 4.62. The van der Waals surface area contributed by atoms with E-state index in [2.05, 4.69) is 0 Å². The first-order chi connectivity index (χ1) is 6.43. The van der Waals surface area contributed by atoms with Crippen LogP contribution in [0, 0.1) is 5.41 Å². The zero-order valence-electron chi connectivity index (χ0n) is 9.00. The van der Waals surface area contributed by atoms with Crippen LogP contribution in [0.4, 0.5) is 0 Å². The lowest BCUT2D eigenvalue weighted by molar-refractivity contribution is -0.120. The topological polar surface area (TPSA) is 20.3 Å². The molecule has 0 saturated carbocycles. The van der Waals surface area contributed by atoms with Gasteiger partial charge in [-0.1, -0.05) is 33.0 Å². The highest BCUT2D eigenvalue weighted by Crippen LogP contribution is 2.19. The summed E-state index contributed by atoms with van der Waals surface area (Å²) in [6.45, 7) is 7.59. The molecule has 1 aliphatic heterocycles. The summed E-state index contributed by atoms with van der Waals surface area (Å²) < 4.78 is 0. The van der Waals surface area contributed by atoms with Gasteiger partial charge in [-0.15, -0.1) is 0 Å². The summed E-state index contributed by atoms with van der Waals surface area (Å²) >= 11 is 7.13. The van der Waals surface area contributed by atoms with Crippen molar-refractivity contribution >= 4 is 34.8 Å². The minimum absolute atomic E-state index is 0.0967. The van der Waals surface area contributed by atoms with E-state index < -0.39 is 0 Å². The van der Waals surface area contributed by atoms with Crippen molar-refractivity contribution in [3.63, 3.8) is 0 Å². The summed E-state index contributed by atoms with van der Waals surface area (Å²) in [5, 5.41) is 0. The zero-order valence-corrected chi connectivity index (χ0v) is 10.6. The third-order valence-corrected chi connectivity index (χ3v) is 3.56. The molecule has 2 nitrogen and oxygen atoms in total. The van der Waals surface area contributed by atoms with Crippen molar-refractivity contribution in [3.05, 3.63) is 0 Å². The molecule has 0 aromatic rings. The maximum absolute atomic E-state index is 11.9. The molecule has 0 aliphatic carbocycles. The van der Waals surface area contributed by atoms with E-state index in [0.717, 1.165) is 24.6 Å². The zero-order chi connectivity index (χ0) is 10.8. The molecule has 0 bridgehead atoms. The van der Waals surface area contributed by atoms with Crippen molar-refractivity contribution in [1.29, 1.82) is 0 Å². The quantitative estimate of drug-likeness (QED) is 0.643. The molecule has 0 N–H and O–H groups in total. The number of Topliss-reactive ketones (excluding diaryl/α,β-unsaturated/α-hetero) is 1. The van der Waals surface area contributed by atoms with Crippen LogP contribution >= 0.6 is 24.0 Å². The Labute approximate surface area is 95.4 Å². The lowest BCUT2D eigenvalue weighted by Crippen LogP contribution is -2.44. The van der Waals surface area contributed by atoms with Crippen LogP contribution in [0.15, 0.2) is 0 Å². The number of hydrogen-bond donors (Lipinski definition) is 0. The molecule has 1 aliphatic rings. The van der Waals surface area contributed by atoms with E-state index in [1.807, 2.05) is 37.4 Å². The smallest absolute Gasteiger partial charge is 0.195 e. The fourth-order valence-corrected chi connectivity index (χ4v) is 2.62. The van der Waals surface area contributed by atoms with Crippen LogP contribution in [0.3, 0.4) is 0 Å². The first kappa shape index (κ1) is 12.0. The van der Waals surface area contributed by atoms with Crippen LogP contribution < -0.4 is 0 Å². The van der Waals surface area contributed by atoms with Gasteiger partial charge in [0.1, 0.15) is 4.99 Å². The van der Waals surface area contributed by atoms with E-state index in [-0.39, 0.29) is 11.2 Å². The normalized spacial score (nSPS) is 18.1. The minimum atomic E-state index is -0.346. The number of thioether (sulfide) groups is 1. The van der Waals surface area contributed by atoms with Crippen LogP contribution in [0.5, 0.6) is 0 Å². The maximum atomic E-state index is 11.9. The Bertz CT molecular complexity index is 239. The minimum Gasteiger partial charge on any atom is -0.358 e. The fraction of sp³-hybridized carbons (Fsp3) is 0.800. The largest absolute Gasteiger partial charge is 0.358 e. The van der Waals surface area contributed by atoms with Gasteiger partial charge in [0, 0.05) is 30.0 Å². The van der Waals surface area contributed by atoms with Crippen molar-refractivity contribution in [2.24, 2.45) is 5.41 Å². The Balaban J connectivity index is 2.60. The lowest BCUT2D eigenvalue weighted by Gasteiger charge is -2.30. The van der Waals surface area contributed by atoms with Gasteiger partial charge in [0.05, 0.1) is 0 Å². The highest BCUT2D eigenvalue weighted by Gasteiger charge is 2.29. The average Bonchev–Trinajstić information content (AvgIpc) is 2.15. The summed E-state index contributed by atoms with van der Waals surface area (Å²) in [6, 6.07) is 0. The van der Waals surface area contributed by atoms with E-state index >= 15 is 0 Å². The van der Waals surface area contributed by atoms with Crippen LogP contribution in [-0.4, -0.2) is 40.3 Å². The molecule has 80 valence electrons. The van der Waals surface area contributed by atoms with Crippen molar-refractivity contribution in [2.75, 3.05) is 24.6 Å². The number of nitrogens with zero attached hydrogens (tertiary/aromatic N) is 1. The van der Waals surface area contributed by atoms with Crippen molar-refractivity contribution in [3.8, 4) is 0 Å². The SMILES string of the molecule is CC(C)(C)C(=O)C(=S)N1CCSCC1. The van der Waals surface area contributed by atoms with Gasteiger partial charge in [-0.2, -0.15) is 11.8 Å². The maximum Gasteiger partial charge on any atom is 0.195 e. The summed E-state index contributed by atoms with van der Waals surface area (Å²) in [6.07, 6.45) is 0. The van der Waals surface area contributed by atoms with Crippen molar-refractivity contribution < 1.29 is 4.79 Å². The van der Waals surface area contributed by atoms with E-state index in [4.69, 9.17) is 12.2 Å².